The number of piperazine rings is 1. The number of likely N-dealkylation sites (N-methyl/N-ethyl adjacent to an activating group) is 2. The fourth-order valence-corrected chi connectivity index (χ4v) is 5.32. The number of nitrogens with one attached hydrogen (secondary N) is 3. The smallest absolute Gasteiger partial charge is 0.233 e. The molecule has 0 unspecified atom stereocenters. The van der Waals surface area contributed by atoms with Crippen molar-refractivity contribution < 1.29 is 18.7 Å². The molecule has 3 heterocycles. The third-order valence-corrected chi connectivity index (χ3v) is 7.86. The van der Waals surface area contributed by atoms with E-state index in [0.29, 0.717) is 29.4 Å². The molecule has 1 amide bonds. The second kappa shape index (κ2) is 13.2. The Labute approximate surface area is 246 Å². The molecule has 2 aromatic carbocycles. The molecule has 12 heteroatoms. The standard InChI is InChI=1S/C30H39FN8O3/c1-32-28(40)19-38-9-7-20-15-25(26(41-3)16-21(20)8-10-38)35-30-33-18-23(31)29(36-30)34-24-6-5-22(17-27(24)42-4)39-13-11-37(2)12-14-39/h5-6,15-18H,7-14,19H2,1-4H3,(H,32,40)(H2,33,34,35,36). The first-order chi connectivity index (χ1) is 20.4. The van der Waals surface area contributed by atoms with Crippen molar-refractivity contribution in [1.29, 1.82) is 0 Å². The van der Waals surface area contributed by atoms with E-state index in [9.17, 15) is 9.18 Å². The number of rotatable bonds is 9. The number of amides is 1. The summed E-state index contributed by atoms with van der Waals surface area (Å²) in [6.07, 6.45) is 2.72. The van der Waals surface area contributed by atoms with Crippen LogP contribution in [0.25, 0.3) is 0 Å². The molecule has 5 rings (SSSR count). The predicted octanol–water partition coefficient (Wildman–Crippen LogP) is 3.02. The van der Waals surface area contributed by atoms with E-state index in [1.807, 2.05) is 30.3 Å². The molecule has 42 heavy (non-hydrogen) atoms. The minimum atomic E-state index is -0.587. The third kappa shape index (κ3) is 6.82. The van der Waals surface area contributed by atoms with Crippen molar-refractivity contribution in [2.24, 2.45) is 0 Å². The molecule has 3 N–H and O–H groups in total. The monoisotopic (exact) mass is 578 g/mol. The lowest BCUT2D eigenvalue weighted by Crippen LogP contribution is -2.44. The number of carbonyl (C=O) groups is 1. The summed E-state index contributed by atoms with van der Waals surface area (Å²) in [5, 5.41) is 8.98. The maximum absolute atomic E-state index is 14.9. The topological polar surface area (TPSA) is 107 Å². The molecule has 1 saturated heterocycles. The molecule has 2 aliphatic heterocycles. The molecule has 11 nitrogen and oxygen atoms in total. The number of anilines is 5. The normalized spacial score (nSPS) is 15.9. The highest BCUT2D eigenvalue weighted by atomic mass is 19.1. The fraction of sp³-hybridized carbons (Fsp3) is 0.433. The minimum Gasteiger partial charge on any atom is -0.495 e. The zero-order valence-electron chi connectivity index (χ0n) is 24.7. The van der Waals surface area contributed by atoms with Gasteiger partial charge in [0, 0.05) is 58.1 Å². The molecular formula is C30H39FN8O3. The molecule has 0 spiro atoms. The van der Waals surface area contributed by atoms with Gasteiger partial charge in [0.25, 0.3) is 0 Å². The molecule has 2 aliphatic rings. The van der Waals surface area contributed by atoms with Crippen molar-refractivity contribution in [3.8, 4) is 11.5 Å². The molecule has 224 valence electrons. The summed E-state index contributed by atoms with van der Waals surface area (Å²) in [6, 6.07) is 9.88. The first-order valence-corrected chi connectivity index (χ1v) is 14.2. The summed E-state index contributed by atoms with van der Waals surface area (Å²) in [4.78, 5) is 27.2. The molecule has 3 aromatic rings. The summed E-state index contributed by atoms with van der Waals surface area (Å²) < 4.78 is 26.2. The van der Waals surface area contributed by atoms with E-state index < -0.39 is 5.82 Å². The van der Waals surface area contributed by atoms with Gasteiger partial charge in [-0.3, -0.25) is 9.69 Å². The van der Waals surface area contributed by atoms with Crippen LogP contribution in [0.2, 0.25) is 0 Å². The number of hydrogen-bond acceptors (Lipinski definition) is 10. The molecule has 0 radical (unpaired) electrons. The van der Waals surface area contributed by atoms with E-state index >= 15 is 0 Å². The van der Waals surface area contributed by atoms with Gasteiger partial charge >= 0.3 is 0 Å². The van der Waals surface area contributed by atoms with Crippen molar-refractivity contribution in [2.45, 2.75) is 12.8 Å². The zero-order valence-corrected chi connectivity index (χ0v) is 24.7. The third-order valence-electron chi connectivity index (χ3n) is 7.86. The molecule has 0 aliphatic carbocycles. The van der Waals surface area contributed by atoms with Gasteiger partial charge in [0.1, 0.15) is 11.5 Å². The number of carbonyl (C=O) groups excluding carboxylic acids is 1. The summed E-state index contributed by atoms with van der Waals surface area (Å²) in [5.74, 6) is 0.892. The largest absolute Gasteiger partial charge is 0.495 e. The number of hydrogen-bond donors (Lipinski definition) is 3. The summed E-state index contributed by atoms with van der Waals surface area (Å²) >= 11 is 0. The minimum absolute atomic E-state index is 0.00218. The highest BCUT2D eigenvalue weighted by Gasteiger charge is 2.20. The van der Waals surface area contributed by atoms with Gasteiger partial charge in [0.15, 0.2) is 11.6 Å². The van der Waals surface area contributed by atoms with Gasteiger partial charge in [-0.05, 0) is 55.3 Å². The predicted molar refractivity (Wildman–Crippen MR) is 162 cm³/mol. The highest BCUT2D eigenvalue weighted by Crippen LogP contribution is 2.35. The number of nitrogens with zero attached hydrogens (tertiary/aromatic N) is 5. The second-order valence-electron chi connectivity index (χ2n) is 10.6. The van der Waals surface area contributed by atoms with Crippen LogP contribution < -0.4 is 30.3 Å². The number of aromatic nitrogens is 2. The van der Waals surface area contributed by atoms with Gasteiger partial charge in [-0.15, -0.1) is 0 Å². The Morgan fingerprint density at radius 1 is 0.929 bits per heavy atom. The van der Waals surface area contributed by atoms with Crippen LogP contribution in [0, 0.1) is 5.82 Å². The zero-order chi connectivity index (χ0) is 29.6. The Hall–Kier alpha value is -4.16. The van der Waals surface area contributed by atoms with Crippen LogP contribution >= 0.6 is 0 Å². The lowest BCUT2D eigenvalue weighted by atomic mass is 10.0. The average molecular weight is 579 g/mol. The Kier molecular flexibility index (Phi) is 9.23. The lowest BCUT2D eigenvalue weighted by Gasteiger charge is -2.34. The van der Waals surface area contributed by atoms with Gasteiger partial charge in [0.05, 0.1) is 38.3 Å². The molecular weight excluding hydrogens is 539 g/mol. The van der Waals surface area contributed by atoms with Gasteiger partial charge in [0.2, 0.25) is 11.9 Å². The summed E-state index contributed by atoms with van der Waals surface area (Å²) in [6.45, 7) is 5.78. The Morgan fingerprint density at radius 3 is 2.31 bits per heavy atom. The van der Waals surface area contributed by atoms with Gasteiger partial charge in [-0.25, -0.2) is 9.37 Å². The van der Waals surface area contributed by atoms with Gasteiger partial charge in [-0.2, -0.15) is 4.98 Å². The molecule has 0 bridgehead atoms. The quantitative estimate of drug-likeness (QED) is 0.351. The highest BCUT2D eigenvalue weighted by molar-refractivity contribution is 5.77. The maximum Gasteiger partial charge on any atom is 0.233 e. The lowest BCUT2D eigenvalue weighted by molar-refractivity contribution is -0.121. The van der Waals surface area contributed by atoms with E-state index in [1.165, 1.54) is 5.56 Å². The number of halogens is 1. The summed E-state index contributed by atoms with van der Waals surface area (Å²) in [5.41, 5.74) is 4.67. The van der Waals surface area contributed by atoms with Crippen molar-refractivity contribution in [3.63, 3.8) is 0 Å². The fourth-order valence-electron chi connectivity index (χ4n) is 5.32. The van der Waals surface area contributed by atoms with Crippen LogP contribution in [0.4, 0.5) is 33.2 Å². The van der Waals surface area contributed by atoms with Crippen LogP contribution in [-0.2, 0) is 17.6 Å². The number of fused-ring (bicyclic) bond motifs is 1. The van der Waals surface area contributed by atoms with E-state index in [2.05, 4.69) is 47.7 Å². The molecule has 1 fully saturated rings. The van der Waals surface area contributed by atoms with Crippen LogP contribution in [-0.4, -0.2) is 99.8 Å². The first-order valence-electron chi connectivity index (χ1n) is 14.2. The molecule has 1 aromatic heterocycles. The molecule has 0 saturated carbocycles. The molecule has 0 atom stereocenters. The van der Waals surface area contributed by atoms with Crippen molar-refractivity contribution >= 4 is 34.7 Å². The van der Waals surface area contributed by atoms with E-state index in [1.54, 1.807) is 21.3 Å². The van der Waals surface area contributed by atoms with E-state index in [-0.39, 0.29) is 17.7 Å². The maximum atomic E-state index is 14.9. The summed E-state index contributed by atoms with van der Waals surface area (Å²) in [7, 11) is 6.98. The number of ether oxygens (including phenoxy) is 2. The van der Waals surface area contributed by atoms with Crippen molar-refractivity contribution in [2.75, 3.05) is 89.7 Å². The Morgan fingerprint density at radius 2 is 1.62 bits per heavy atom. The Bertz CT molecular complexity index is 1410. The number of benzene rings is 2. The first kappa shape index (κ1) is 29.3. The number of methoxy groups -OCH3 is 2. The van der Waals surface area contributed by atoms with E-state index in [4.69, 9.17) is 9.47 Å². The van der Waals surface area contributed by atoms with Gasteiger partial charge in [-0.1, -0.05) is 0 Å². The van der Waals surface area contributed by atoms with Crippen LogP contribution in [0.5, 0.6) is 11.5 Å². The SMILES string of the molecule is CNC(=O)CN1CCc2cc(Nc3ncc(F)c(Nc4ccc(N5CCN(C)CC5)cc4OC)n3)c(OC)cc2CC1. The van der Waals surface area contributed by atoms with Gasteiger partial charge < -0.3 is 35.2 Å². The van der Waals surface area contributed by atoms with Crippen molar-refractivity contribution in [3.05, 3.63) is 53.5 Å². The van der Waals surface area contributed by atoms with E-state index in [0.717, 1.165) is 69.6 Å². The van der Waals surface area contributed by atoms with Crippen molar-refractivity contribution in [1.82, 2.24) is 25.1 Å². The van der Waals surface area contributed by atoms with Crippen LogP contribution in [0.3, 0.4) is 0 Å². The Balaban J connectivity index is 1.33. The van der Waals surface area contributed by atoms with Crippen LogP contribution in [0.15, 0.2) is 36.5 Å². The second-order valence-corrected chi connectivity index (χ2v) is 10.6. The average Bonchev–Trinajstić information content (AvgIpc) is 3.20. The van der Waals surface area contributed by atoms with Crippen LogP contribution in [0.1, 0.15) is 11.1 Å².